The van der Waals surface area contributed by atoms with E-state index in [9.17, 15) is 9.59 Å². The number of thioether (sulfide) groups is 1. The molecule has 0 saturated heterocycles. The Morgan fingerprint density at radius 3 is 2.72 bits per heavy atom. The van der Waals surface area contributed by atoms with Crippen LogP contribution in [0.2, 0.25) is 0 Å². The van der Waals surface area contributed by atoms with Crippen molar-refractivity contribution in [2.75, 3.05) is 0 Å². The minimum absolute atomic E-state index is 0.0441. The fourth-order valence-electron chi connectivity index (χ4n) is 2.28. The molecule has 0 aliphatic rings. The molecule has 0 aliphatic carbocycles. The third-order valence-electron chi connectivity index (χ3n) is 3.47. The van der Waals surface area contributed by atoms with Gasteiger partial charge in [0.2, 0.25) is 5.91 Å². The number of carbonyl (C=O) groups is 2. The summed E-state index contributed by atoms with van der Waals surface area (Å²) in [5.74, 6) is 0.853. The van der Waals surface area contributed by atoms with Gasteiger partial charge in [-0.2, -0.15) is 0 Å². The number of aryl methyl sites for hydroxylation is 1. The molecule has 25 heavy (non-hydrogen) atoms. The van der Waals surface area contributed by atoms with Crippen LogP contribution >= 0.6 is 11.8 Å². The molecular formula is C16H21N5O3S. The summed E-state index contributed by atoms with van der Waals surface area (Å²) in [6.07, 6.45) is 3.31. The number of nitrogens with one attached hydrogen (secondary N) is 1. The molecule has 1 atom stereocenters. The first kappa shape index (κ1) is 18.8. The first-order valence-electron chi connectivity index (χ1n) is 7.70. The van der Waals surface area contributed by atoms with Gasteiger partial charge in [0.25, 0.3) is 0 Å². The van der Waals surface area contributed by atoms with E-state index in [0.717, 1.165) is 11.3 Å². The van der Waals surface area contributed by atoms with Crippen LogP contribution in [0.5, 0.6) is 0 Å². The van der Waals surface area contributed by atoms with Crippen molar-refractivity contribution >= 4 is 23.7 Å². The minimum Gasteiger partial charge on any atom is -0.469 e. The van der Waals surface area contributed by atoms with Gasteiger partial charge in [0.1, 0.15) is 5.76 Å². The predicted molar refractivity (Wildman–Crippen MR) is 94.9 cm³/mol. The fraction of sp³-hybridized carbons (Fsp3) is 0.375. The van der Waals surface area contributed by atoms with Crippen molar-refractivity contribution < 1.29 is 14.0 Å². The smallest absolute Gasteiger partial charge is 0.318 e. The van der Waals surface area contributed by atoms with E-state index in [-0.39, 0.29) is 5.92 Å². The van der Waals surface area contributed by atoms with Gasteiger partial charge >= 0.3 is 6.03 Å². The number of hydrogen-bond acceptors (Lipinski definition) is 6. The Balaban J connectivity index is 2.36. The van der Waals surface area contributed by atoms with Crippen molar-refractivity contribution in [1.29, 1.82) is 0 Å². The second-order valence-electron chi connectivity index (χ2n) is 5.73. The highest BCUT2D eigenvalue weighted by molar-refractivity contribution is 8.00. The summed E-state index contributed by atoms with van der Waals surface area (Å²) in [5, 5.41) is 10.6. The Bertz CT molecular complexity index is 781. The number of rotatable bonds is 7. The van der Waals surface area contributed by atoms with Crippen LogP contribution in [0.15, 0.2) is 34.6 Å². The molecule has 3 N–H and O–H groups in total. The number of urea groups is 1. The number of primary amides is 1. The molecule has 8 nitrogen and oxygen atoms in total. The lowest BCUT2D eigenvalue weighted by Gasteiger charge is -2.18. The average molecular weight is 363 g/mol. The van der Waals surface area contributed by atoms with Gasteiger partial charge in [0.05, 0.1) is 17.1 Å². The van der Waals surface area contributed by atoms with Gasteiger partial charge in [-0.15, -0.1) is 16.8 Å². The lowest BCUT2D eigenvalue weighted by Crippen LogP contribution is -2.42. The van der Waals surface area contributed by atoms with Crippen LogP contribution in [0.4, 0.5) is 4.79 Å². The van der Waals surface area contributed by atoms with Crippen molar-refractivity contribution in [3.05, 3.63) is 30.7 Å². The Morgan fingerprint density at radius 2 is 2.20 bits per heavy atom. The zero-order valence-electron chi connectivity index (χ0n) is 14.4. The first-order valence-corrected chi connectivity index (χ1v) is 8.58. The number of allylic oxidation sites excluding steroid dienone is 1. The maximum absolute atomic E-state index is 12.2. The number of amides is 3. The molecule has 9 heteroatoms. The molecule has 2 aromatic heterocycles. The summed E-state index contributed by atoms with van der Waals surface area (Å²) in [6, 6.07) is 0.936. The van der Waals surface area contributed by atoms with Gasteiger partial charge in [-0.1, -0.05) is 31.7 Å². The van der Waals surface area contributed by atoms with Crippen LogP contribution < -0.4 is 11.1 Å². The molecular weight excluding hydrogens is 342 g/mol. The van der Waals surface area contributed by atoms with E-state index in [0.29, 0.717) is 17.5 Å². The highest BCUT2D eigenvalue weighted by atomic mass is 32.2. The van der Waals surface area contributed by atoms with Gasteiger partial charge in [-0.05, 0) is 18.9 Å². The van der Waals surface area contributed by atoms with Crippen molar-refractivity contribution in [2.24, 2.45) is 11.7 Å². The van der Waals surface area contributed by atoms with E-state index in [2.05, 4.69) is 22.1 Å². The van der Waals surface area contributed by atoms with Crippen LogP contribution in [-0.2, 0) is 11.3 Å². The molecule has 2 aromatic rings. The van der Waals surface area contributed by atoms with Crippen molar-refractivity contribution in [3.63, 3.8) is 0 Å². The number of nitrogens with zero attached hydrogens (tertiary/aromatic N) is 3. The van der Waals surface area contributed by atoms with E-state index in [1.165, 1.54) is 11.8 Å². The lowest BCUT2D eigenvalue weighted by molar-refractivity contribution is -0.120. The maximum Gasteiger partial charge on any atom is 0.318 e. The molecule has 0 saturated carbocycles. The summed E-state index contributed by atoms with van der Waals surface area (Å²) in [7, 11) is 0. The molecule has 0 spiro atoms. The Hall–Kier alpha value is -2.55. The molecule has 0 radical (unpaired) electrons. The zero-order chi connectivity index (χ0) is 18.6. The summed E-state index contributed by atoms with van der Waals surface area (Å²) in [4.78, 5) is 23.2. The number of carbonyl (C=O) groups excluding carboxylic acids is 2. The second-order valence-corrected chi connectivity index (χ2v) is 6.84. The molecule has 2 heterocycles. The molecule has 1 unspecified atom stereocenters. The van der Waals surface area contributed by atoms with E-state index in [1.807, 2.05) is 31.4 Å². The molecule has 0 aliphatic heterocycles. The largest absolute Gasteiger partial charge is 0.469 e. The maximum atomic E-state index is 12.2. The number of aromatic nitrogens is 3. The molecule has 0 fully saturated rings. The van der Waals surface area contributed by atoms with Crippen molar-refractivity contribution in [1.82, 2.24) is 20.1 Å². The number of hydrogen-bond donors (Lipinski definition) is 2. The van der Waals surface area contributed by atoms with Crippen molar-refractivity contribution in [2.45, 2.75) is 37.7 Å². The van der Waals surface area contributed by atoms with E-state index in [1.54, 1.807) is 12.3 Å². The van der Waals surface area contributed by atoms with Gasteiger partial charge < -0.3 is 10.2 Å². The standard InChI is InChI=1S/C16H21N5O3S/c1-5-7-21-13(11-6-8-24-10(11)4)19-20-16(21)25-12(9(2)3)14(22)18-15(17)23/h5-6,8-9,12H,1,7H2,2-4H3,(H3,17,18,22,23). The van der Waals surface area contributed by atoms with Crippen LogP contribution in [0.25, 0.3) is 11.4 Å². The van der Waals surface area contributed by atoms with Crippen LogP contribution in [-0.4, -0.2) is 32.0 Å². The van der Waals surface area contributed by atoms with Gasteiger partial charge in [0.15, 0.2) is 11.0 Å². The minimum atomic E-state index is -0.876. The summed E-state index contributed by atoms with van der Waals surface area (Å²) in [5.41, 5.74) is 5.87. The van der Waals surface area contributed by atoms with E-state index >= 15 is 0 Å². The molecule has 3 amide bonds. The third-order valence-corrected chi connectivity index (χ3v) is 5.00. The van der Waals surface area contributed by atoms with E-state index < -0.39 is 17.2 Å². The lowest BCUT2D eigenvalue weighted by atomic mass is 10.1. The Kier molecular flexibility index (Phi) is 6.02. The zero-order valence-corrected chi connectivity index (χ0v) is 15.2. The quantitative estimate of drug-likeness (QED) is 0.576. The normalized spacial score (nSPS) is 12.2. The topological polar surface area (TPSA) is 116 Å². The van der Waals surface area contributed by atoms with E-state index in [4.69, 9.17) is 10.2 Å². The number of imide groups is 1. The van der Waals surface area contributed by atoms with Crippen LogP contribution in [0.1, 0.15) is 19.6 Å². The number of nitrogens with two attached hydrogens (primary N) is 1. The summed E-state index contributed by atoms with van der Waals surface area (Å²) in [6.45, 7) is 9.84. The highest BCUT2D eigenvalue weighted by Gasteiger charge is 2.28. The van der Waals surface area contributed by atoms with Gasteiger partial charge in [-0.3, -0.25) is 14.7 Å². The Labute approximate surface area is 149 Å². The molecule has 134 valence electrons. The predicted octanol–water partition coefficient (Wildman–Crippen LogP) is 2.34. The van der Waals surface area contributed by atoms with Crippen LogP contribution in [0, 0.1) is 12.8 Å². The van der Waals surface area contributed by atoms with Gasteiger partial charge in [0, 0.05) is 6.54 Å². The summed E-state index contributed by atoms with van der Waals surface area (Å²) < 4.78 is 7.18. The third kappa shape index (κ3) is 4.30. The van der Waals surface area contributed by atoms with Gasteiger partial charge in [-0.25, -0.2) is 4.79 Å². The average Bonchev–Trinajstić information content (AvgIpc) is 3.10. The highest BCUT2D eigenvalue weighted by Crippen LogP contribution is 2.31. The van der Waals surface area contributed by atoms with Crippen LogP contribution in [0.3, 0.4) is 0 Å². The SMILES string of the molecule is C=CCn1c(SC(C(=O)NC(N)=O)C(C)C)nnc1-c1ccoc1C. The fourth-order valence-corrected chi connectivity index (χ4v) is 3.33. The monoisotopic (exact) mass is 363 g/mol. The first-order chi connectivity index (χ1) is 11.8. The summed E-state index contributed by atoms with van der Waals surface area (Å²) >= 11 is 1.23. The van der Waals surface area contributed by atoms with Crippen molar-refractivity contribution in [3.8, 4) is 11.4 Å². The second kappa shape index (κ2) is 8.02. The Morgan fingerprint density at radius 1 is 1.48 bits per heavy atom. The number of furan rings is 1. The molecule has 0 bridgehead atoms. The molecule has 0 aromatic carbocycles. The molecule has 2 rings (SSSR count).